The molecule has 3 heterocycles. The van der Waals surface area contributed by atoms with Crippen LogP contribution in [0.3, 0.4) is 0 Å². The molecule has 26 heavy (non-hydrogen) atoms. The van der Waals surface area contributed by atoms with Crippen LogP contribution < -0.4 is 15.5 Å². The van der Waals surface area contributed by atoms with Crippen LogP contribution in [0.4, 0.5) is 5.00 Å². The molecular formula is C19H29N5S2. The van der Waals surface area contributed by atoms with Crippen molar-refractivity contribution in [2.45, 2.75) is 45.6 Å². The highest BCUT2D eigenvalue weighted by Crippen LogP contribution is 2.24. The fraction of sp³-hybridized carbons (Fsp3) is 0.579. The lowest BCUT2D eigenvalue weighted by Crippen LogP contribution is -2.48. The highest BCUT2D eigenvalue weighted by atomic mass is 32.1. The molecule has 3 rings (SSSR count). The number of anilines is 1. The predicted octanol–water partition coefficient (Wildman–Crippen LogP) is 3.53. The van der Waals surface area contributed by atoms with E-state index in [1.54, 1.807) is 11.3 Å². The second-order valence-electron chi connectivity index (χ2n) is 6.45. The normalized spacial score (nSPS) is 16.1. The maximum absolute atomic E-state index is 4.75. The van der Waals surface area contributed by atoms with Crippen molar-refractivity contribution < 1.29 is 0 Å². The summed E-state index contributed by atoms with van der Waals surface area (Å²) in [7, 11) is 0. The number of guanidine groups is 1. The van der Waals surface area contributed by atoms with Gasteiger partial charge >= 0.3 is 0 Å². The number of thiophene rings is 1. The highest BCUT2D eigenvalue weighted by molar-refractivity contribution is 7.14. The van der Waals surface area contributed by atoms with Gasteiger partial charge in [0.1, 0.15) is 0 Å². The zero-order chi connectivity index (χ0) is 18.2. The largest absolute Gasteiger partial charge is 0.363 e. The molecule has 0 spiro atoms. The summed E-state index contributed by atoms with van der Waals surface area (Å²) in [4.78, 5) is 11.9. The van der Waals surface area contributed by atoms with E-state index >= 15 is 0 Å². The van der Waals surface area contributed by atoms with Crippen molar-refractivity contribution >= 4 is 33.6 Å². The Labute approximate surface area is 164 Å². The van der Waals surface area contributed by atoms with Gasteiger partial charge in [0.15, 0.2) is 5.96 Å². The number of piperidine rings is 1. The number of nitrogens with one attached hydrogen (secondary N) is 2. The van der Waals surface area contributed by atoms with Crippen molar-refractivity contribution in [1.29, 1.82) is 0 Å². The molecule has 2 N–H and O–H groups in total. The molecule has 2 aromatic heterocycles. The van der Waals surface area contributed by atoms with Crippen LogP contribution in [0.5, 0.6) is 0 Å². The van der Waals surface area contributed by atoms with Crippen molar-refractivity contribution in [2.24, 2.45) is 4.99 Å². The fourth-order valence-corrected chi connectivity index (χ4v) is 4.68. The van der Waals surface area contributed by atoms with Gasteiger partial charge in [-0.1, -0.05) is 6.92 Å². The van der Waals surface area contributed by atoms with Gasteiger partial charge in [0.05, 0.1) is 15.7 Å². The van der Waals surface area contributed by atoms with Crippen molar-refractivity contribution in [3.05, 3.63) is 33.6 Å². The summed E-state index contributed by atoms with van der Waals surface area (Å²) in [6.07, 6.45) is 4.22. The molecule has 0 aromatic carbocycles. The Kier molecular flexibility index (Phi) is 7.32. The molecule has 0 amide bonds. The van der Waals surface area contributed by atoms with E-state index in [1.807, 2.05) is 11.3 Å². The van der Waals surface area contributed by atoms with Crippen molar-refractivity contribution in [1.82, 2.24) is 15.6 Å². The molecule has 1 saturated heterocycles. The minimum absolute atomic E-state index is 0.495. The van der Waals surface area contributed by atoms with Crippen molar-refractivity contribution in [2.75, 3.05) is 31.1 Å². The van der Waals surface area contributed by atoms with E-state index < -0.39 is 0 Å². The molecular weight excluding hydrogens is 362 g/mol. The lowest BCUT2D eigenvalue weighted by Gasteiger charge is -2.33. The lowest BCUT2D eigenvalue weighted by molar-refractivity contribution is 0.463. The zero-order valence-corrected chi connectivity index (χ0v) is 17.3. The number of rotatable bonds is 7. The molecule has 5 nitrogen and oxygen atoms in total. The first-order chi connectivity index (χ1) is 12.8. The Morgan fingerprint density at radius 2 is 2.15 bits per heavy atom. The smallest absolute Gasteiger partial charge is 0.191 e. The summed E-state index contributed by atoms with van der Waals surface area (Å²) in [5, 5.41) is 13.9. The van der Waals surface area contributed by atoms with Gasteiger partial charge in [-0.3, -0.25) is 4.99 Å². The molecule has 142 valence electrons. The molecule has 0 saturated carbocycles. The first-order valence-corrected chi connectivity index (χ1v) is 11.3. The maximum atomic E-state index is 4.75. The summed E-state index contributed by atoms with van der Waals surface area (Å²) in [6, 6.07) is 4.84. The number of aliphatic imine (C=N–C) groups is 1. The minimum Gasteiger partial charge on any atom is -0.363 e. The molecule has 1 aliphatic heterocycles. The number of hydrogen-bond acceptors (Lipinski definition) is 5. The van der Waals surface area contributed by atoms with Crippen LogP contribution in [0, 0.1) is 0 Å². The second kappa shape index (κ2) is 9.92. The maximum Gasteiger partial charge on any atom is 0.191 e. The molecule has 0 aliphatic carbocycles. The van der Waals surface area contributed by atoms with Gasteiger partial charge in [0.2, 0.25) is 0 Å². The van der Waals surface area contributed by atoms with Crippen LogP contribution in [0.2, 0.25) is 0 Å². The molecule has 0 unspecified atom stereocenters. The van der Waals surface area contributed by atoms with Gasteiger partial charge in [-0.2, -0.15) is 0 Å². The molecule has 2 aromatic rings. The quantitative estimate of drug-likeness (QED) is 0.560. The SMILES string of the molecule is CCNC(=NCCc1csc(CC)n1)NC1CCN(c2cccs2)CC1. The zero-order valence-electron chi connectivity index (χ0n) is 15.7. The topological polar surface area (TPSA) is 52.6 Å². The Balaban J connectivity index is 1.47. The molecule has 0 radical (unpaired) electrons. The van der Waals surface area contributed by atoms with Gasteiger partial charge in [-0.15, -0.1) is 22.7 Å². The summed E-state index contributed by atoms with van der Waals surface area (Å²) in [5.41, 5.74) is 1.16. The molecule has 1 fully saturated rings. The number of thiazole rings is 1. The van der Waals surface area contributed by atoms with Gasteiger partial charge in [-0.05, 0) is 43.7 Å². The predicted molar refractivity (Wildman–Crippen MR) is 114 cm³/mol. The molecule has 0 bridgehead atoms. The monoisotopic (exact) mass is 391 g/mol. The van der Waals surface area contributed by atoms with E-state index in [2.05, 4.69) is 57.3 Å². The number of aromatic nitrogens is 1. The fourth-order valence-electron chi connectivity index (χ4n) is 3.12. The van der Waals surface area contributed by atoms with Gasteiger partial charge in [-0.25, -0.2) is 4.98 Å². The summed E-state index contributed by atoms with van der Waals surface area (Å²) < 4.78 is 0. The van der Waals surface area contributed by atoms with E-state index in [0.29, 0.717) is 6.04 Å². The van der Waals surface area contributed by atoms with Crippen LogP contribution in [0.25, 0.3) is 0 Å². The third kappa shape index (κ3) is 5.45. The Bertz CT molecular complexity index is 672. The van der Waals surface area contributed by atoms with Crippen LogP contribution in [-0.4, -0.2) is 43.2 Å². The van der Waals surface area contributed by atoms with E-state index in [9.17, 15) is 0 Å². The molecule has 1 aliphatic rings. The number of hydrogen-bond donors (Lipinski definition) is 2. The number of aryl methyl sites for hydroxylation is 1. The van der Waals surface area contributed by atoms with E-state index in [0.717, 1.165) is 63.5 Å². The average Bonchev–Trinajstić information content (AvgIpc) is 3.34. The summed E-state index contributed by atoms with van der Waals surface area (Å²) in [6.45, 7) is 8.14. The summed E-state index contributed by atoms with van der Waals surface area (Å²) in [5.74, 6) is 0.938. The van der Waals surface area contributed by atoms with Crippen molar-refractivity contribution in [3.63, 3.8) is 0 Å². The Hall–Kier alpha value is -1.60. The van der Waals surface area contributed by atoms with E-state index in [1.165, 1.54) is 10.0 Å². The standard InChI is InChI=1S/C19H29N5S2/c1-3-17-22-16(14-26-17)7-10-21-19(20-4-2)23-15-8-11-24(12-9-15)18-6-5-13-25-18/h5-6,13-15H,3-4,7-12H2,1-2H3,(H2,20,21,23). The van der Waals surface area contributed by atoms with Crippen LogP contribution >= 0.6 is 22.7 Å². The van der Waals surface area contributed by atoms with E-state index in [-0.39, 0.29) is 0 Å². The van der Waals surface area contributed by atoms with Crippen LogP contribution in [0.1, 0.15) is 37.4 Å². The van der Waals surface area contributed by atoms with Crippen LogP contribution in [0.15, 0.2) is 27.9 Å². The van der Waals surface area contributed by atoms with Crippen LogP contribution in [-0.2, 0) is 12.8 Å². The second-order valence-corrected chi connectivity index (χ2v) is 8.32. The lowest BCUT2D eigenvalue weighted by atomic mass is 10.1. The third-order valence-corrected chi connectivity index (χ3v) is 6.51. The van der Waals surface area contributed by atoms with Gasteiger partial charge in [0.25, 0.3) is 0 Å². The Morgan fingerprint density at radius 3 is 2.81 bits per heavy atom. The van der Waals surface area contributed by atoms with E-state index in [4.69, 9.17) is 4.99 Å². The number of nitrogens with zero attached hydrogens (tertiary/aromatic N) is 3. The highest BCUT2D eigenvalue weighted by Gasteiger charge is 2.20. The third-order valence-electron chi connectivity index (χ3n) is 4.54. The van der Waals surface area contributed by atoms with Gasteiger partial charge < -0.3 is 15.5 Å². The molecule has 7 heteroatoms. The molecule has 0 atom stereocenters. The van der Waals surface area contributed by atoms with Crippen molar-refractivity contribution in [3.8, 4) is 0 Å². The average molecular weight is 392 g/mol. The summed E-state index contributed by atoms with van der Waals surface area (Å²) >= 11 is 3.58. The first kappa shape index (κ1) is 19.2. The first-order valence-electron chi connectivity index (χ1n) is 9.55. The minimum atomic E-state index is 0.495. The Morgan fingerprint density at radius 1 is 1.31 bits per heavy atom. The van der Waals surface area contributed by atoms with Gasteiger partial charge in [0, 0.05) is 44.0 Å².